The minimum absolute atomic E-state index is 0.124. The molecule has 0 atom stereocenters. The van der Waals surface area contributed by atoms with Gasteiger partial charge in [0.2, 0.25) is 5.91 Å². The molecular formula is C11H14BrN5O. The van der Waals surface area contributed by atoms with E-state index in [9.17, 15) is 4.79 Å². The van der Waals surface area contributed by atoms with Crippen LogP contribution in [0.25, 0.3) is 0 Å². The van der Waals surface area contributed by atoms with Crippen molar-refractivity contribution in [3.05, 3.63) is 28.3 Å². The van der Waals surface area contributed by atoms with Gasteiger partial charge < -0.3 is 5.32 Å². The lowest BCUT2D eigenvalue weighted by molar-refractivity contribution is -0.116. The maximum Gasteiger partial charge on any atom is 0.246 e. The molecule has 2 aromatic heterocycles. The van der Waals surface area contributed by atoms with Crippen molar-refractivity contribution in [1.29, 1.82) is 0 Å². The van der Waals surface area contributed by atoms with Gasteiger partial charge in [0.05, 0.1) is 27.7 Å². The van der Waals surface area contributed by atoms with E-state index in [4.69, 9.17) is 0 Å². The SMILES string of the molecule is Cc1nn(CC(=O)Nc2cnn(C)c2C)cc1Br. The van der Waals surface area contributed by atoms with E-state index in [1.54, 1.807) is 21.8 Å². The standard InChI is InChI=1S/C11H14BrN5O/c1-7-9(12)5-17(15-7)6-11(18)14-10-4-13-16(3)8(10)2/h4-5H,6H2,1-3H3,(H,14,18). The molecule has 0 aliphatic carbocycles. The summed E-state index contributed by atoms with van der Waals surface area (Å²) in [5, 5.41) is 11.1. The Balaban J connectivity index is 2.03. The third kappa shape index (κ3) is 2.61. The summed E-state index contributed by atoms with van der Waals surface area (Å²) in [6, 6.07) is 0. The highest BCUT2D eigenvalue weighted by atomic mass is 79.9. The van der Waals surface area contributed by atoms with Gasteiger partial charge in [0, 0.05) is 13.2 Å². The molecule has 0 unspecified atom stereocenters. The molecule has 0 radical (unpaired) electrons. The van der Waals surface area contributed by atoms with Crippen LogP contribution in [0.2, 0.25) is 0 Å². The van der Waals surface area contributed by atoms with Crippen molar-refractivity contribution in [2.24, 2.45) is 7.05 Å². The topological polar surface area (TPSA) is 64.7 Å². The van der Waals surface area contributed by atoms with Crippen molar-refractivity contribution >= 4 is 27.5 Å². The second kappa shape index (κ2) is 4.93. The number of hydrogen-bond donors (Lipinski definition) is 1. The number of aryl methyl sites for hydroxylation is 2. The van der Waals surface area contributed by atoms with Crippen molar-refractivity contribution in [2.75, 3.05) is 5.32 Å². The maximum absolute atomic E-state index is 11.8. The molecule has 7 heteroatoms. The number of rotatable bonds is 3. The molecule has 0 aliphatic rings. The first-order valence-electron chi connectivity index (χ1n) is 5.45. The Bertz CT molecular complexity index is 567. The molecule has 18 heavy (non-hydrogen) atoms. The van der Waals surface area contributed by atoms with Gasteiger partial charge in [-0.05, 0) is 29.8 Å². The van der Waals surface area contributed by atoms with Crippen LogP contribution in [0.1, 0.15) is 11.4 Å². The maximum atomic E-state index is 11.8. The molecule has 0 aromatic carbocycles. The number of nitrogens with one attached hydrogen (secondary N) is 1. The van der Waals surface area contributed by atoms with E-state index in [0.29, 0.717) is 0 Å². The summed E-state index contributed by atoms with van der Waals surface area (Å²) in [5.41, 5.74) is 2.51. The second-order valence-corrected chi connectivity index (χ2v) is 4.93. The van der Waals surface area contributed by atoms with Gasteiger partial charge in [0.15, 0.2) is 0 Å². The average molecular weight is 312 g/mol. The second-order valence-electron chi connectivity index (χ2n) is 4.08. The summed E-state index contributed by atoms with van der Waals surface area (Å²) >= 11 is 3.36. The first-order valence-corrected chi connectivity index (χ1v) is 6.24. The van der Waals surface area contributed by atoms with Crippen molar-refractivity contribution in [3.63, 3.8) is 0 Å². The van der Waals surface area contributed by atoms with Crippen LogP contribution < -0.4 is 5.32 Å². The van der Waals surface area contributed by atoms with E-state index < -0.39 is 0 Å². The minimum atomic E-state index is -0.124. The monoisotopic (exact) mass is 311 g/mol. The van der Waals surface area contributed by atoms with Crippen LogP contribution in [0.4, 0.5) is 5.69 Å². The first-order chi connectivity index (χ1) is 8.47. The molecule has 1 N–H and O–H groups in total. The van der Waals surface area contributed by atoms with Gasteiger partial charge in [-0.3, -0.25) is 14.2 Å². The summed E-state index contributed by atoms with van der Waals surface area (Å²) in [7, 11) is 1.83. The first kappa shape index (κ1) is 12.8. The molecule has 96 valence electrons. The number of amides is 1. The van der Waals surface area contributed by atoms with Gasteiger partial charge >= 0.3 is 0 Å². The Kier molecular flexibility index (Phi) is 3.51. The van der Waals surface area contributed by atoms with Crippen molar-refractivity contribution in [1.82, 2.24) is 19.6 Å². The minimum Gasteiger partial charge on any atom is -0.322 e. The van der Waals surface area contributed by atoms with Gasteiger partial charge in [-0.25, -0.2) is 0 Å². The quantitative estimate of drug-likeness (QED) is 0.937. The average Bonchev–Trinajstić information content (AvgIpc) is 2.76. The summed E-state index contributed by atoms with van der Waals surface area (Å²) < 4.78 is 4.21. The number of anilines is 1. The summed E-state index contributed by atoms with van der Waals surface area (Å²) in [6.45, 7) is 3.96. The largest absolute Gasteiger partial charge is 0.322 e. The third-order valence-electron chi connectivity index (χ3n) is 2.70. The van der Waals surface area contributed by atoms with Gasteiger partial charge in [0.1, 0.15) is 6.54 Å². The van der Waals surface area contributed by atoms with Gasteiger partial charge in [0.25, 0.3) is 0 Å². The predicted molar refractivity (Wildman–Crippen MR) is 71.2 cm³/mol. The zero-order valence-electron chi connectivity index (χ0n) is 10.4. The van der Waals surface area contributed by atoms with Gasteiger partial charge in [-0.2, -0.15) is 10.2 Å². The molecule has 0 bridgehead atoms. The fourth-order valence-corrected chi connectivity index (χ4v) is 1.85. The number of carbonyl (C=O) groups is 1. The highest BCUT2D eigenvalue weighted by molar-refractivity contribution is 9.10. The molecule has 0 fully saturated rings. The predicted octanol–water partition coefficient (Wildman–Crippen LogP) is 1.63. The lowest BCUT2D eigenvalue weighted by Crippen LogP contribution is -2.19. The molecule has 6 nitrogen and oxygen atoms in total. The van der Waals surface area contributed by atoms with Crippen molar-refractivity contribution in [2.45, 2.75) is 20.4 Å². The normalized spacial score (nSPS) is 10.7. The van der Waals surface area contributed by atoms with E-state index in [0.717, 1.165) is 21.5 Å². The molecule has 2 aromatic rings. The summed E-state index contributed by atoms with van der Waals surface area (Å²) in [5.74, 6) is -0.124. The van der Waals surface area contributed by atoms with Crippen LogP contribution in [-0.4, -0.2) is 25.5 Å². The highest BCUT2D eigenvalue weighted by Crippen LogP contribution is 2.14. The van der Waals surface area contributed by atoms with Gasteiger partial charge in [-0.15, -0.1) is 0 Å². The number of nitrogens with zero attached hydrogens (tertiary/aromatic N) is 4. The van der Waals surface area contributed by atoms with Crippen LogP contribution in [0.3, 0.4) is 0 Å². The van der Waals surface area contributed by atoms with Gasteiger partial charge in [-0.1, -0.05) is 0 Å². The summed E-state index contributed by atoms with van der Waals surface area (Å²) in [6.07, 6.45) is 3.42. The molecule has 1 amide bonds. The fraction of sp³-hybridized carbons (Fsp3) is 0.364. The van der Waals surface area contributed by atoms with E-state index in [2.05, 4.69) is 31.4 Å². The van der Waals surface area contributed by atoms with Crippen LogP contribution in [0.5, 0.6) is 0 Å². The molecule has 0 saturated carbocycles. The zero-order valence-corrected chi connectivity index (χ0v) is 12.0. The molecule has 2 heterocycles. The number of hydrogen-bond acceptors (Lipinski definition) is 3. The Labute approximate surface area is 113 Å². The lowest BCUT2D eigenvalue weighted by atomic mass is 10.4. The Hall–Kier alpha value is -1.63. The molecule has 0 saturated heterocycles. The van der Waals surface area contributed by atoms with Crippen LogP contribution in [0, 0.1) is 13.8 Å². The van der Waals surface area contributed by atoms with Crippen LogP contribution >= 0.6 is 15.9 Å². The van der Waals surface area contributed by atoms with Crippen molar-refractivity contribution < 1.29 is 4.79 Å². The molecule has 0 spiro atoms. The fourth-order valence-electron chi connectivity index (χ4n) is 1.53. The number of carbonyl (C=O) groups excluding carboxylic acids is 1. The van der Waals surface area contributed by atoms with E-state index in [-0.39, 0.29) is 12.5 Å². The lowest BCUT2D eigenvalue weighted by Gasteiger charge is -2.04. The van der Waals surface area contributed by atoms with E-state index >= 15 is 0 Å². The Morgan fingerprint density at radius 3 is 2.72 bits per heavy atom. The van der Waals surface area contributed by atoms with E-state index in [1.165, 1.54) is 0 Å². The smallest absolute Gasteiger partial charge is 0.246 e. The molecule has 2 rings (SSSR count). The third-order valence-corrected chi connectivity index (χ3v) is 3.48. The highest BCUT2D eigenvalue weighted by Gasteiger charge is 2.10. The van der Waals surface area contributed by atoms with Crippen LogP contribution in [0.15, 0.2) is 16.9 Å². The van der Waals surface area contributed by atoms with E-state index in [1.807, 2.05) is 20.9 Å². The zero-order chi connectivity index (χ0) is 13.3. The number of aromatic nitrogens is 4. The Morgan fingerprint density at radius 2 is 2.22 bits per heavy atom. The molecular weight excluding hydrogens is 298 g/mol. The molecule has 0 aliphatic heterocycles. The van der Waals surface area contributed by atoms with Crippen molar-refractivity contribution in [3.8, 4) is 0 Å². The number of halogens is 1. The Morgan fingerprint density at radius 1 is 1.50 bits per heavy atom. The van der Waals surface area contributed by atoms with Crippen LogP contribution in [-0.2, 0) is 18.4 Å². The summed E-state index contributed by atoms with van der Waals surface area (Å²) in [4.78, 5) is 11.8.